The first-order valence-electron chi connectivity index (χ1n) is 6.88. The maximum Gasteiger partial charge on any atom is 0.202 e. The Balaban J connectivity index is 1.84. The molecule has 6 heteroatoms. The first kappa shape index (κ1) is 16.1. The number of methoxy groups -OCH3 is 1. The third-order valence-corrected chi connectivity index (χ3v) is 3.74. The summed E-state index contributed by atoms with van der Waals surface area (Å²) in [5.74, 6) is 0.871. The van der Waals surface area contributed by atoms with Crippen molar-refractivity contribution in [3.8, 4) is 0 Å². The van der Waals surface area contributed by atoms with E-state index in [0.717, 1.165) is 44.0 Å². The molecule has 2 aromatic rings. The number of halogens is 2. The molecule has 114 valence electrons. The van der Waals surface area contributed by atoms with Crippen LogP contribution in [0, 0.1) is 0 Å². The van der Waals surface area contributed by atoms with Crippen LogP contribution in [0.4, 0.5) is 5.95 Å². The number of aromatic nitrogens is 2. The molecule has 0 saturated carbocycles. The zero-order valence-electron chi connectivity index (χ0n) is 12.0. The van der Waals surface area contributed by atoms with Gasteiger partial charge in [0.1, 0.15) is 0 Å². The Labute approximate surface area is 135 Å². The Morgan fingerprint density at radius 1 is 1.33 bits per heavy atom. The number of nitrogens with one attached hydrogen (secondary N) is 1. The van der Waals surface area contributed by atoms with Crippen LogP contribution in [0.15, 0.2) is 30.6 Å². The van der Waals surface area contributed by atoms with Crippen molar-refractivity contribution in [2.45, 2.75) is 19.4 Å². The van der Waals surface area contributed by atoms with Crippen LogP contribution < -0.4 is 5.32 Å². The van der Waals surface area contributed by atoms with E-state index in [1.807, 2.05) is 18.3 Å². The van der Waals surface area contributed by atoms with Gasteiger partial charge < -0.3 is 14.6 Å². The van der Waals surface area contributed by atoms with Crippen LogP contribution in [0.25, 0.3) is 0 Å². The standard InChI is InChI=1S/C15H19Cl2N3O/c1-21-10-2-8-20-9-7-19-15(20)18-6-5-12-3-4-13(16)11-14(12)17/h3-4,7,9,11H,2,5-6,8,10H2,1H3,(H,18,19). The van der Waals surface area contributed by atoms with E-state index >= 15 is 0 Å². The summed E-state index contributed by atoms with van der Waals surface area (Å²) in [5.41, 5.74) is 1.08. The number of aryl methyl sites for hydroxylation is 1. The molecule has 1 aromatic carbocycles. The fourth-order valence-electron chi connectivity index (χ4n) is 2.07. The van der Waals surface area contributed by atoms with Crippen LogP contribution in [0.1, 0.15) is 12.0 Å². The van der Waals surface area contributed by atoms with Gasteiger partial charge in [-0.15, -0.1) is 0 Å². The maximum absolute atomic E-state index is 6.16. The molecule has 0 fully saturated rings. The van der Waals surface area contributed by atoms with E-state index in [4.69, 9.17) is 27.9 Å². The van der Waals surface area contributed by atoms with Crippen molar-refractivity contribution in [2.24, 2.45) is 0 Å². The van der Waals surface area contributed by atoms with E-state index < -0.39 is 0 Å². The summed E-state index contributed by atoms with van der Waals surface area (Å²) in [4.78, 5) is 4.32. The predicted octanol–water partition coefficient (Wildman–Crippen LogP) is 3.88. The lowest BCUT2D eigenvalue weighted by Crippen LogP contribution is -2.11. The summed E-state index contributed by atoms with van der Waals surface area (Å²) in [7, 11) is 1.71. The molecule has 0 atom stereocenters. The maximum atomic E-state index is 6.16. The molecule has 1 heterocycles. The number of ether oxygens (including phenoxy) is 1. The van der Waals surface area contributed by atoms with Crippen molar-refractivity contribution in [1.82, 2.24) is 9.55 Å². The summed E-state index contributed by atoms with van der Waals surface area (Å²) in [5, 5.41) is 4.69. The molecule has 0 radical (unpaired) electrons. The topological polar surface area (TPSA) is 39.1 Å². The first-order chi connectivity index (χ1) is 10.2. The highest BCUT2D eigenvalue weighted by Crippen LogP contribution is 2.21. The van der Waals surface area contributed by atoms with Crippen molar-refractivity contribution >= 4 is 29.2 Å². The third-order valence-electron chi connectivity index (χ3n) is 3.16. The first-order valence-corrected chi connectivity index (χ1v) is 7.64. The van der Waals surface area contributed by atoms with Gasteiger partial charge in [0.15, 0.2) is 0 Å². The van der Waals surface area contributed by atoms with E-state index in [-0.39, 0.29) is 0 Å². The van der Waals surface area contributed by atoms with Gasteiger partial charge in [-0.1, -0.05) is 29.3 Å². The van der Waals surface area contributed by atoms with Crippen LogP contribution in [0.2, 0.25) is 10.0 Å². The highest BCUT2D eigenvalue weighted by Gasteiger charge is 2.04. The second-order valence-corrected chi connectivity index (χ2v) is 5.55. The predicted molar refractivity (Wildman–Crippen MR) is 87.4 cm³/mol. The number of rotatable bonds is 8. The molecule has 0 amide bonds. The lowest BCUT2D eigenvalue weighted by molar-refractivity contribution is 0.190. The number of nitrogens with zero attached hydrogens (tertiary/aromatic N) is 2. The summed E-state index contributed by atoms with van der Waals surface area (Å²) in [6.45, 7) is 2.40. The second kappa shape index (κ2) is 8.27. The van der Waals surface area contributed by atoms with Crippen molar-refractivity contribution in [1.29, 1.82) is 0 Å². The Bertz CT molecular complexity index is 572. The number of imidazole rings is 1. The summed E-state index contributed by atoms with van der Waals surface area (Å²) in [6.07, 6.45) is 5.54. The molecule has 2 rings (SSSR count). The largest absolute Gasteiger partial charge is 0.385 e. The molecular weight excluding hydrogens is 309 g/mol. The monoisotopic (exact) mass is 327 g/mol. The minimum Gasteiger partial charge on any atom is -0.385 e. The minimum atomic E-state index is 0.658. The second-order valence-electron chi connectivity index (χ2n) is 4.70. The quantitative estimate of drug-likeness (QED) is 0.748. The van der Waals surface area contributed by atoms with Gasteiger partial charge in [-0.05, 0) is 30.5 Å². The summed E-state index contributed by atoms with van der Waals surface area (Å²) < 4.78 is 7.15. The average Bonchev–Trinajstić information content (AvgIpc) is 2.89. The van der Waals surface area contributed by atoms with E-state index in [1.54, 1.807) is 19.4 Å². The molecule has 1 N–H and O–H groups in total. The van der Waals surface area contributed by atoms with Gasteiger partial charge >= 0.3 is 0 Å². The number of benzene rings is 1. The highest BCUT2D eigenvalue weighted by atomic mass is 35.5. The number of hydrogen-bond acceptors (Lipinski definition) is 3. The van der Waals surface area contributed by atoms with E-state index in [0.29, 0.717) is 10.0 Å². The van der Waals surface area contributed by atoms with Crippen LogP contribution in [0.5, 0.6) is 0 Å². The van der Waals surface area contributed by atoms with Gasteiger partial charge in [0.05, 0.1) is 0 Å². The molecule has 0 bridgehead atoms. The third kappa shape index (κ3) is 4.92. The summed E-state index contributed by atoms with van der Waals surface area (Å²) >= 11 is 12.0. The number of anilines is 1. The van der Waals surface area contributed by atoms with Gasteiger partial charge in [-0.3, -0.25) is 0 Å². The van der Waals surface area contributed by atoms with Crippen molar-refractivity contribution in [2.75, 3.05) is 25.6 Å². The molecule has 0 unspecified atom stereocenters. The molecule has 4 nitrogen and oxygen atoms in total. The van der Waals surface area contributed by atoms with Crippen LogP contribution in [-0.4, -0.2) is 29.8 Å². The molecule has 0 spiro atoms. The van der Waals surface area contributed by atoms with Crippen LogP contribution >= 0.6 is 23.2 Å². The van der Waals surface area contributed by atoms with Gasteiger partial charge in [0, 0.05) is 49.2 Å². The highest BCUT2D eigenvalue weighted by molar-refractivity contribution is 6.35. The average molecular weight is 328 g/mol. The fraction of sp³-hybridized carbons (Fsp3) is 0.400. The van der Waals surface area contributed by atoms with Crippen LogP contribution in [-0.2, 0) is 17.7 Å². The minimum absolute atomic E-state index is 0.658. The van der Waals surface area contributed by atoms with E-state index in [1.165, 1.54) is 0 Å². The van der Waals surface area contributed by atoms with E-state index in [9.17, 15) is 0 Å². The molecule has 0 aliphatic heterocycles. The smallest absolute Gasteiger partial charge is 0.202 e. The SMILES string of the molecule is COCCCn1ccnc1NCCc1ccc(Cl)cc1Cl. The van der Waals surface area contributed by atoms with Crippen molar-refractivity contribution < 1.29 is 4.74 Å². The Kier molecular flexibility index (Phi) is 6.36. The lowest BCUT2D eigenvalue weighted by Gasteiger charge is -2.10. The van der Waals surface area contributed by atoms with Gasteiger partial charge in [-0.25, -0.2) is 4.98 Å². The van der Waals surface area contributed by atoms with Gasteiger partial charge in [0.2, 0.25) is 5.95 Å². The molecule has 0 aliphatic rings. The Morgan fingerprint density at radius 3 is 2.95 bits per heavy atom. The van der Waals surface area contributed by atoms with Crippen LogP contribution in [0.3, 0.4) is 0 Å². The Hall–Kier alpha value is -1.23. The molecule has 0 saturated heterocycles. The zero-order valence-corrected chi connectivity index (χ0v) is 13.5. The Morgan fingerprint density at radius 2 is 2.19 bits per heavy atom. The van der Waals surface area contributed by atoms with Crippen molar-refractivity contribution in [3.05, 3.63) is 46.2 Å². The summed E-state index contributed by atoms with van der Waals surface area (Å²) in [6, 6.07) is 5.58. The molecular formula is C15H19Cl2N3O. The normalized spacial score (nSPS) is 10.8. The zero-order chi connectivity index (χ0) is 15.1. The van der Waals surface area contributed by atoms with Crippen molar-refractivity contribution in [3.63, 3.8) is 0 Å². The lowest BCUT2D eigenvalue weighted by atomic mass is 10.1. The molecule has 1 aromatic heterocycles. The van der Waals surface area contributed by atoms with Gasteiger partial charge in [-0.2, -0.15) is 0 Å². The number of hydrogen-bond donors (Lipinski definition) is 1. The molecule has 21 heavy (non-hydrogen) atoms. The molecule has 0 aliphatic carbocycles. The van der Waals surface area contributed by atoms with E-state index in [2.05, 4.69) is 14.9 Å². The fourth-order valence-corrected chi connectivity index (χ4v) is 2.57. The van der Waals surface area contributed by atoms with Gasteiger partial charge in [0.25, 0.3) is 0 Å².